The molecule has 94 valence electrons. The molecule has 1 aromatic rings. The van der Waals surface area contributed by atoms with Crippen LogP contribution in [0.15, 0.2) is 12.4 Å². The summed E-state index contributed by atoms with van der Waals surface area (Å²) in [6.45, 7) is 2.02. The Morgan fingerprint density at radius 2 is 2.29 bits per heavy atom. The molecule has 2 N–H and O–H groups in total. The average Bonchev–Trinajstić information content (AvgIpc) is 2.34. The van der Waals surface area contributed by atoms with Gasteiger partial charge in [0.1, 0.15) is 11.5 Å². The van der Waals surface area contributed by atoms with Gasteiger partial charge >= 0.3 is 0 Å². The van der Waals surface area contributed by atoms with Gasteiger partial charge in [-0.1, -0.05) is 0 Å². The number of hydrogen-bond acceptors (Lipinski definition) is 5. The van der Waals surface area contributed by atoms with Crippen LogP contribution in [0.4, 0.5) is 5.82 Å². The number of anilines is 1. The fraction of sp³-hybridized carbons (Fsp3) is 0.545. The second-order valence-electron chi connectivity index (χ2n) is 3.88. The number of carbonyl (C=O) groups is 1. The maximum absolute atomic E-state index is 12.1. The van der Waals surface area contributed by atoms with Crippen molar-refractivity contribution in [1.82, 2.24) is 14.9 Å². The number of aromatic nitrogens is 2. The highest BCUT2D eigenvalue weighted by Gasteiger charge is 2.18. The Labute approximate surface area is 106 Å². The van der Waals surface area contributed by atoms with Crippen LogP contribution in [0.25, 0.3) is 0 Å². The molecular formula is C11H18N4OS. The van der Waals surface area contributed by atoms with Gasteiger partial charge in [0.05, 0.1) is 12.4 Å². The Balaban J connectivity index is 2.69. The molecule has 1 heterocycles. The van der Waals surface area contributed by atoms with E-state index >= 15 is 0 Å². The molecule has 1 rings (SSSR count). The van der Waals surface area contributed by atoms with Gasteiger partial charge in [0.25, 0.3) is 5.91 Å². The number of nitrogens with two attached hydrogens (primary N) is 1. The van der Waals surface area contributed by atoms with Crippen molar-refractivity contribution in [2.75, 3.05) is 24.8 Å². The lowest BCUT2D eigenvalue weighted by molar-refractivity contribution is 0.0735. The van der Waals surface area contributed by atoms with Gasteiger partial charge in [-0.15, -0.1) is 0 Å². The van der Waals surface area contributed by atoms with Gasteiger partial charge in [0, 0.05) is 13.1 Å². The van der Waals surface area contributed by atoms with E-state index in [9.17, 15) is 4.79 Å². The molecule has 0 saturated carbocycles. The van der Waals surface area contributed by atoms with E-state index in [-0.39, 0.29) is 17.8 Å². The summed E-state index contributed by atoms with van der Waals surface area (Å²) in [5.41, 5.74) is 5.80. The van der Waals surface area contributed by atoms with Crippen LogP contribution in [0.5, 0.6) is 0 Å². The number of hydrogen-bond donors (Lipinski definition) is 1. The Kier molecular flexibility index (Phi) is 5.21. The molecule has 0 aliphatic heterocycles. The molecule has 0 aromatic carbocycles. The van der Waals surface area contributed by atoms with Gasteiger partial charge in [-0.25, -0.2) is 4.98 Å². The first kappa shape index (κ1) is 13.8. The highest BCUT2D eigenvalue weighted by molar-refractivity contribution is 7.98. The van der Waals surface area contributed by atoms with E-state index in [0.29, 0.717) is 5.69 Å². The predicted molar refractivity (Wildman–Crippen MR) is 71.0 cm³/mol. The third-order valence-corrected chi connectivity index (χ3v) is 3.24. The van der Waals surface area contributed by atoms with Crippen molar-refractivity contribution in [1.29, 1.82) is 0 Å². The minimum atomic E-state index is -0.140. The minimum absolute atomic E-state index is 0.140. The van der Waals surface area contributed by atoms with Gasteiger partial charge in [-0.05, 0) is 25.4 Å². The summed E-state index contributed by atoms with van der Waals surface area (Å²) in [6.07, 6.45) is 5.88. The second kappa shape index (κ2) is 6.44. The van der Waals surface area contributed by atoms with Crippen molar-refractivity contribution in [3.8, 4) is 0 Å². The summed E-state index contributed by atoms with van der Waals surface area (Å²) in [4.78, 5) is 21.6. The molecule has 1 amide bonds. The summed E-state index contributed by atoms with van der Waals surface area (Å²) in [6, 6.07) is 0.179. The first-order valence-corrected chi connectivity index (χ1v) is 6.79. The molecule has 0 spiro atoms. The molecule has 0 aliphatic rings. The molecule has 0 bridgehead atoms. The Hall–Kier alpha value is -1.30. The SMILES string of the molecule is CSCCC(C)N(C)C(=O)c1cncc(N)n1. The van der Waals surface area contributed by atoms with Crippen molar-refractivity contribution in [3.05, 3.63) is 18.1 Å². The van der Waals surface area contributed by atoms with Crippen LogP contribution < -0.4 is 5.73 Å². The molecular weight excluding hydrogens is 236 g/mol. The van der Waals surface area contributed by atoms with E-state index in [1.807, 2.05) is 6.92 Å². The number of amides is 1. The summed E-state index contributed by atoms with van der Waals surface area (Å²) in [5, 5.41) is 0. The quantitative estimate of drug-likeness (QED) is 0.856. The fourth-order valence-corrected chi connectivity index (χ4v) is 1.92. The van der Waals surface area contributed by atoms with Crippen molar-refractivity contribution in [2.45, 2.75) is 19.4 Å². The standard InChI is InChI=1S/C11H18N4OS/c1-8(4-5-17-3)15(2)11(16)9-6-13-7-10(12)14-9/h6-8H,4-5H2,1-3H3,(H2,12,14). The van der Waals surface area contributed by atoms with Crippen LogP contribution in [-0.4, -0.2) is 45.9 Å². The lowest BCUT2D eigenvalue weighted by atomic mass is 10.2. The van der Waals surface area contributed by atoms with Crippen molar-refractivity contribution < 1.29 is 4.79 Å². The first-order valence-electron chi connectivity index (χ1n) is 5.40. The van der Waals surface area contributed by atoms with Gasteiger partial charge in [-0.3, -0.25) is 9.78 Å². The molecule has 0 radical (unpaired) electrons. The lowest BCUT2D eigenvalue weighted by Crippen LogP contribution is -2.36. The maximum atomic E-state index is 12.1. The van der Waals surface area contributed by atoms with Crippen LogP contribution in [-0.2, 0) is 0 Å². The number of nitrogen functional groups attached to an aromatic ring is 1. The van der Waals surface area contributed by atoms with Gasteiger partial charge in [0.15, 0.2) is 0 Å². The molecule has 1 atom stereocenters. The number of nitrogens with zero attached hydrogens (tertiary/aromatic N) is 3. The van der Waals surface area contributed by atoms with E-state index in [2.05, 4.69) is 16.2 Å². The zero-order chi connectivity index (χ0) is 12.8. The first-order chi connectivity index (χ1) is 8.06. The fourth-order valence-electron chi connectivity index (χ4n) is 1.35. The van der Waals surface area contributed by atoms with Crippen LogP contribution >= 0.6 is 11.8 Å². The van der Waals surface area contributed by atoms with Crippen LogP contribution in [0.2, 0.25) is 0 Å². The summed E-state index contributed by atoms with van der Waals surface area (Å²) in [5.74, 6) is 1.15. The van der Waals surface area contributed by atoms with Crippen molar-refractivity contribution >= 4 is 23.5 Å². The molecule has 6 heteroatoms. The van der Waals surface area contributed by atoms with E-state index in [4.69, 9.17) is 5.73 Å². The summed E-state index contributed by atoms with van der Waals surface area (Å²) < 4.78 is 0. The van der Waals surface area contributed by atoms with Crippen molar-refractivity contribution in [3.63, 3.8) is 0 Å². The number of thioether (sulfide) groups is 1. The van der Waals surface area contributed by atoms with Gasteiger partial charge in [-0.2, -0.15) is 11.8 Å². The Morgan fingerprint density at radius 3 is 2.88 bits per heavy atom. The third kappa shape index (κ3) is 3.89. The molecule has 0 saturated heterocycles. The van der Waals surface area contributed by atoms with E-state index in [0.717, 1.165) is 12.2 Å². The molecule has 0 fully saturated rings. The summed E-state index contributed by atoms with van der Waals surface area (Å²) in [7, 11) is 1.78. The molecule has 0 aliphatic carbocycles. The summed E-state index contributed by atoms with van der Waals surface area (Å²) >= 11 is 1.77. The zero-order valence-corrected chi connectivity index (χ0v) is 11.2. The largest absolute Gasteiger partial charge is 0.382 e. The molecule has 17 heavy (non-hydrogen) atoms. The van der Waals surface area contributed by atoms with Gasteiger partial charge in [0.2, 0.25) is 0 Å². The predicted octanol–water partition coefficient (Wildman–Crippen LogP) is 1.27. The second-order valence-corrected chi connectivity index (χ2v) is 4.86. The average molecular weight is 254 g/mol. The maximum Gasteiger partial charge on any atom is 0.274 e. The van der Waals surface area contributed by atoms with Gasteiger partial charge < -0.3 is 10.6 Å². The normalized spacial score (nSPS) is 12.2. The minimum Gasteiger partial charge on any atom is -0.382 e. The number of carbonyl (C=O) groups excluding carboxylic acids is 1. The lowest BCUT2D eigenvalue weighted by Gasteiger charge is -2.24. The van der Waals surface area contributed by atoms with Crippen LogP contribution in [0.1, 0.15) is 23.8 Å². The molecule has 5 nitrogen and oxygen atoms in total. The molecule has 1 unspecified atom stereocenters. The highest BCUT2D eigenvalue weighted by Crippen LogP contribution is 2.09. The molecule has 1 aromatic heterocycles. The van der Waals surface area contributed by atoms with E-state index < -0.39 is 0 Å². The third-order valence-electron chi connectivity index (χ3n) is 2.59. The smallest absolute Gasteiger partial charge is 0.274 e. The van der Waals surface area contributed by atoms with Crippen molar-refractivity contribution in [2.24, 2.45) is 0 Å². The Bertz CT molecular complexity index is 385. The van der Waals surface area contributed by atoms with Crippen LogP contribution in [0.3, 0.4) is 0 Å². The number of rotatable bonds is 5. The van der Waals surface area contributed by atoms with E-state index in [1.54, 1.807) is 23.7 Å². The highest BCUT2D eigenvalue weighted by atomic mass is 32.2. The topological polar surface area (TPSA) is 72.1 Å². The Morgan fingerprint density at radius 1 is 1.59 bits per heavy atom. The van der Waals surface area contributed by atoms with Crippen LogP contribution in [0, 0.1) is 0 Å². The van der Waals surface area contributed by atoms with E-state index in [1.165, 1.54) is 12.4 Å². The monoisotopic (exact) mass is 254 g/mol. The zero-order valence-electron chi connectivity index (χ0n) is 10.4.